The zero-order chi connectivity index (χ0) is 16.7. The summed E-state index contributed by atoms with van der Waals surface area (Å²) in [6.07, 6.45) is 0.893. The molecule has 1 atom stereocenters. The Hall–Kier alpha value is -1.59. The van der Waals surface area contributed by atoms with Gasteiger partial charge in [-0.05, 0) is 24.6 Å². The molecule has 0 aliphatic heterocycles. The van der Waals surface area contributed by atoms with Crippen molar-refractivity contribution >= 4 is 29.1 Å². The minimum Gasteiger partial charge on any atom is -0.391 e. The Balaban J connectivity index is 2.76. The highest BCUT2D eigenvalue weighted by Gasteiger charge is 2.14. The maximum absolute atomic E-state index is 12.1. The molecule has 122 valence electrons. The van der Waals surface area contributed by atoms with Crippen LogP contribution in [0.4, 0.5) is 5.69 Å². The van der Waals surface area contributed by atoms with Gasteiger partial charge in [-0.2, -0.15) is 0 Å². The first-order valence-corrected chi connectivity index (χ1v) is 7.79. The molecule has 0 saturated heterocycles. The monoisotopic (exact) mass is 326 g/mol. The number of benzene rings is 1. The highest BCUT2D eigenvalue weighted by Crippen LogP contribution is 2.21. The van der Waals surface area contributed by atoms with Crippen molar-refractivity contribution < 1.29 is 14.7 Å². The Labute approximate surface area is 136 Å². The van der Waals surface area contributed by atoms with E-state index in [4.69, 9.17) is 11.6 Å². The summed E-state index contributed by atoms with van der Waals surface area (Å²) >= 11 is 6.03. The first kappa shape index (κ1) is 18.5. The van der Waals surface area contributed by atoms with Gasteiger partial charge in [-0.15, -0.1) is 0 Å². The van der Waals surface area contributed by atoms with Gasteiger partial charge in [-0.3, -0.25) is 9.59 Å². The van der Waals surface area contributed by atoms with Gasteiger partial charge in [0, 0.05) is 18.2 Å². The molecular formula is C16H23ClN2O3. The molecular weight excluding hydrogens is 304 g/mol. The highest BCUT2D eigenvalue weighted by molar-refractivity contribution is 6.34. The summed E-state index contributed by atoms with van der Waals surface area (Å²) in [5.41, 5.74) is 0.786. The van der Waals surface area contributed by atoms with Crippen LogP contribution >= 0.6 is 11.6 Å². The Kier molecular flexibility index (Phi) is 7.35. The first-order chi connectivity index (χ1) is 10.3. The molecule has 1 unspecified atom stereocenters. The predicted octanol–water partition coefficient (Wildman–Crippen LogP) is 2.83. The summed E-state index contributed by atoms with van der Waals surface area (Å²) in [6.45, 7) is 5.70. The molecule has 0 saturated carbocycles. The van der Waals surface area contributed by atoms with Crippen molar-refractivity contribution in [3.63, 3.8) is 0 Å². The van der Waals surface area contributed by atoms with Crippen molar-refractivity contribution in [1.82, 2.24) is 5.32 Å². The Morgan fingerprint density at radius 1 is 1.32 bits per heavy atom. The standard InChI is InChI=1S/C16H23ClN2O3/c1-4-5-12(20)9-18-16(22)13-8-11(6-7-14(13)17)19-15(21)10(2)3/h6-8,10,12,20H,4-5,9H2,1-3H3,(H,18,22)(H,19,21). The lowest BCUT2D eigenvalue weighted by molar-refractivity contribution is -0.118. The maximum atomic E-state index is 12.1. The number of amides is 2. The molecule has 3 N–H and O–H groups in total. The normalized spacial score (nSPS) is 12.1. The topological polar surface area (TPSA) is 78.4 Å². The average Bonchev–Trinajstić information content (AvgIpc) is 2.46. The third-order valence-corrected chi connectivity index (χ3v) is 3.45. The van der Waals surface area contributed by atoms with Gasteiger partial charge in [-0.1, -0.05) is 38.8 Å². The summed E-state index contributed by atoms with van der Waals surface area (Å²) in [6, 6.07) is 4.74. The number of aliphatic hydroxyl groups is 1. The molecule has 0 radical (unpaired) electrons. The molecule has 0 heterocycles. The SMILES string of the molecule is CCCC(O)CNC(=O)c1cc(NC(=O)C(C)C)ccc1Cl. The van der Waals surface area contributed by atoms with Gasteiger partial charge in [0.25, 0.3) is 5.91 Å². The second-order valence-corrected chi connectivity index (χ2v) is 5.90. The van der Waals surface area contributed by atoms with Crippen LogP contribution < -0.4 is 10.6 Å². The molecule has 2 amide bonds. The van der Waals surface area contributed by atoms with Crippen LogP contribution in [0.5, 0.6) is 0 Å². The molecule has 0 fully saturated rings. The van der Waals surface area contributed by atoms with Crippen molar-refractivity contribution in [3.8, 4) is 0 Å². The number of hydrogen-bond acceptors (Lipinski definition) is 3. The Morgan fingerprint density at radius 3 is 2.59 bits per heavy atom. The van der Waals surface area contributed by atoms with Crippen LogP contribution in [0.15, 0.2) is 18.2 Å². The van der Waals surface area contributed by atoms with Gasteiger partial charge < -0.3 is 15.7 Å². The number of carbonyl (C=O) groups is 2. The zero-order valence-electron chi connectivity index (χ0n) is 13.1. The molecule has 1 rings (SSSR count). The highest BCUT2D eigenvalue weighted by atomic mass is 35.5. The smallest absolute Gasteiger partial charge is 0.252 e. The van der Waals surface area contributed by atoms with E-state index in [1.165, 1.54) is 6.07 Å². The quantitative estimate of drug-likeness (QED) is 0.721. The molecule has 5 nitrogen and oxygen atoms in total. The van der Waals surface area contributed by atoms with Gasteiger partial charge in [0.05, 0.1) is 16.7 Å². The van der Waals surface area contributed by atoms with E-state index in [1.807, 2.05) is 6.92 Å². The lowest BCUT2D eigenvalue weighted by Crippen LogP contribution is -2.32. The average molecular weight is 327 g/mol. The number of nitrogens with one attached hydrogen (secondary N) is 2. The molecule has 0 aliphatic rings. The Morgan fingerprint density at radius 2 is 2.00 bits per heavy atom. The fraction of sp³-hybridized carbons (Fsp3) is 0.500. The summed E-state index contributed by atoms with van der Waals surface area (Å²) in [5, 5.41) is 15.3. The van der Waals surface area contributed by atoms with E-state index in [1.54, 1.807) is 26.0 Å². The van der Waals surface area contributed by atoms with Crippen molar-refractivity contribution in [2.24, 2.45) is 5.92 Å². The van der Waals surface area contributed by atoms with Gasteiger partial charge in [-0.25, -0.2) is 0 Å². The minimum absolute atomic E-state index is 0.132. The second-order valence-electron chi connectivity index (χ2n) is 5.49. The maximum Gasteiger partial charge on any atom is 0.252 e. The first-order valence-electron chi connectivity index (χ1n) is 7.41. The largest absolute Gasteiger partial charge is 0.391 e. The van der Waals surface area contributed by atoms with E-state index >= 15 is 0 Å². The second kappa shape index (κ2) is 8.76. The van der Waals surface area contributed by atoms with Crippen LogP contribution in [0.3, 0.4) is 0 Å². The molecule has 6 heteroatoms. The minimum atomic E-state index is -0.573. The fourth-order valence-corrected chi connectivity index (χ4v) is 2.01. The van der Waals surface area contributed by atoms with E-state index in [2.05, 4.69) is 10.6 Å². The van der Waals surface area contributed by atoms with E-state index in [0.717, 1.165) is 6.42 Å². The van der Waals surface area contributed by atoms with Gasteiger partial charge in [0.1, 0.15) is 0 Å². The van der Waals surface area contributed by atoms with Crippen molar-refractivity contribution in [3.05, 3.63) is 28.8 Å². The van der Waals surface area contributed by atoms with E-state index in [0.29, 0.717) is 17.1 Å². The molecule has 0 bridgehead atoms. The molecule has 0 spiro atoms. The van der Waals surface area contributed by atoms with E-state index in [-0.39, 0.29) is 29.8 Å². The number of aliphatic hydroxyl groups excluding tert-OH is 1. The molecule has 0 aromatic heterocycles. The van der Waals surface area contributed by atoms with Crippen molar-refractivity contribution in [1.29, 1.82) is 0 Å². The molecule has 1 aromatic rings. The molecule has 0 aliphatic carbocycles. The summed E-state index contributed by atoms with van der Waals surface area (Å²) in [5.74, 6) is -0.662. The number of anilines is 1. The third kappa shape index (κ3) is 5.66. The molecule has 1 aromatic carbocycles. The zero-order valence-corrected chi connectivity index (χ0v) is 13.9. The summed E-state index contributed by atoms with van der Waals surface area (Å²) in [4.78, 5) is 23.8. The van der Waals surface area contributed by atoms with Crippen LogP contribution in [-0.2, 0) is 4.79 Å². The van der Waals surface area contributed by atoms with Crippen molar-refractivity contribution in [2.45, 2.75) is 39.7 Å². The van der Waals surface area contributed by atoms with Crippen LogP contribution in [-0.4, -0.2) is 29.6 Å². The fourth-order valence-electron chi connectivity index (χ4n) is 1.80. The number of rotatable bonds is 7. The van der Waals surface area contributed by atoms with E-state index < -0.39 is 6.10 Å². The Bertz CT molecular complexity index is 532. The van der Waals surface area contributed by atoms with Crippen molar-refractivity contribution in [2.75, 3.05) is 11.9 Å². The summed E-state index contributed by atoms with van der Waals surface area (Å²) in [7, 11) is 0. The summed E-state index contributed by atoms with van der Waals surface area (Å²) < 4.78 is 0. The van der Waals surface area contributed by atoms with Gasteiger partial charge >= 0.3 is 0 Å². The lowest BCUT2D eigenvalue weighted by Gasteiger charge is -2.13. The number of hydrogen-bond donors (Lipinski definition) is 3. The van der Waals surface area contributed by atoms with Crippen LogP contribution in [0.1, 0.15) is 44.0 Å². The number of halogens is 1. The van der Waals surface area contributed by atoms with Crippen LogP contribution in [0.25, 0.3) is 0 Å². The van der Waals surface area contributed by atoms with Gasteiger partial charge in [0.15, 0.2) is 0 Å². The predicted molar refractivity (Wildman–Crippen MR) is 88.2 cm³/mol. The lowest BCUT2D eigenvalue weighted by atomic mass is 10.1. The van der Waals surface area contributed by atoms with Crippen LogP contribution in [0.2, 0.25) is 5.02 Å². The number of carbonyl (C=O) groups excluding carboxylic acids is 2. The van der Waals surface area contributed by atoms with Gasteiger partial charge in [0.2, 0.25) is 5.91 Å². The molecule has 22 heavy (non-hydrogen) atoms. The van der Waals surface area contributed by atoms with Crippen LogP contribution in [0, 0.1) is 5.92 Å². The van der Waals surface area contributed by atoms with E-state index in [9.17, 15) is 14.7 Å². The third-order valence-electron chi connectivity index (χ3n) is 3.12.